The van der Waals surface area contributed by atoms with E-state index in [4.69, 9.17) is 0 Å². The van der Waals surface area contributed by atoms with Crippen molar-refractivity contribution in [3.63, 3.8) is 0 Å². The van der Waals surface area contributed by atoms with E-state index in [0.717, 1.165) is 42.9 Å². The molecular formula is C21H23FN6OS. The number of rotatable bonds is 4. The number of halogens is 1. The molecule has 1 aromatic carbocycles. The molecule has 0 aliphatic carbocycles. The van der Waals surface area contributed by atoms with Crippen LogP contribution in [0.5, 0.6) is 0 Å². The highest BCUT2D eigenvalue weighted by molar-refractivity contribution is 7.03. The Morgan fingerprint density at radius 3 is 3.03 bits per heavy atom. The summed E-state index contributed by atoms with van der Waals surface area (Å²) in [6.45, 7) is 3.27. The van der Waals surface area contributed by atoms with Gasteiger partial charge >= 0.3 is 0 Å². The van der Waals surface area contributed by atoms with Crippen LogP contribution in [0.4, 0.5) is 4.39 Å². The molecule has 0 saturated carbocycles. The van der Waals surface area contributed by atoms with Crippen LogP contribution < -0.4 is 0 Å². The molecule has 0 bridgehead atoms. The monoisotopic (exact) mass is 426 g/mol. The maximum absolute atomic E-state index is 14.3. The predicted molar refractivity (Wildman–Crippen MR) is 111 cm³/mol. The van der Waals surface area contributed by atoms with Crippen molar-refractivity contribution < 1.29 is 9.18 Å². The number of benzene rings is 1. The van der Waals surface area contributed by atoms with Gasteiger partial charge in [-0.3, -0.25) is 14.8 Å². The van der Waals surface area contributed by atoms with Crippen molar-refractivity contribution in [2.45, 2.75) is 31.7 Å². The Bertz CT molecular complexity index is 1040. The molecule has 1 N–H and O–H groups in total. The van der Waals surface area contributed by atoms with Crippen molar-refractivity contribution in [1.82, 2.24) is 29.6 Å². The van der Waals surface area contributed by atoms with E-state index in [0.29, 0.717) is 43.2 Å². The Balaban J connectivity index is 1.28. The largest absolute Gasteiger partial charge is 0.337 e. The van der Waals surface area contributed by atoms with E-state index >= 15 is 0 Å². The van der Waals surface area contributed by atoms with Crippen molar-refractivity contribution in [3.05, 3.63) is 52.4 Å². The van der Waals surface area contributed by atoms with Crippen LogP contribution in [-0.2, 0) is 17.8 Å². The maximum atomic E-state index is 14.3. The fourth-order valence-electron chi connectivity index (χ4n) is 4.47. The molecule has 1 amide bonds. The first-order valence-electron chi connectivity index (χ1n) is 10.3. The molecule has 1 unspecified atom stereocenters. The zero-order chi connectivity index (χ0) is 20.5. The smallest absolute Gasteiger partial charge is 0.237 e. The number of hydrogen-bond donors (Lipinski definition) is 1. The van der Waals surface area contributed by atoms with E-state index in [1.165, 1.54) is 17.6 Å². The Morgan fingerprint density at radius 1 is 1.30 bits per heavy atom. The molecule has 0 radical (unpaired) electrons. The number of carbonyl (C=O) groups is 1. The lowest BCUT2D eigenvalue weighted by Gasteiger charge is -2.34. The van der Waals surface area contributed by atoms with Crippen LogP contribution in [0.1, 0.15) is 35.7 Å². The first-order chi connectivity index (χ1) is 14.7. The lowest BCUT2D eigenvalue weighted by atomic mass is 9.95. The molecule has 3 aromatic rings. The van der Waals surface area contributed by atoms with Crippen LogP contribution in [0.15, 0.2) is 29.6 Å². The highest BCUT2D eigenvalue weighted by Crippen LogP contribution is 2.30. The number of likely N-dealkylation sites (tertiary alicyclic amines) is 1. The van der Waals surface area contributed by atoms with Gasteiger partial charge in [0.15, 0.2) is 0 Å². The molecule has 2 aliphatic rings. The molecule has 156 valence electrons. The van der Waals surface area contributed by atoms with Gasteiger partial charge in [-0.1, -0.05) is 16.6 Å². The molecule has 5 rings (SSSR count). The lowest BCUT2D eigenvalue weighted by Crippen LogP contribution is -2.45. The second-order valence-corrected chi connectivity index (χ2v) is 8.59. The standard InChI is InChI=1S/C21H23FN6OS/c22-17-6-2-1-5-15(17)21-16-11-28(9-7-18(16)23-25-21)20(29)12-27-8-3-4-14(10-27)19-13-30-26-24-19/h1-2,5-6,13-14H,3-4,7-12H2,(H,23,25). The quantitative estimate of drug-likeness (QED) is 0.694. The van der Waals surface area contributed by atoms with Crippen molar-refractivity contribution in [3.8, 4) is 11.3 Å². The molecule has 2 aromatic heterocycles. The number of aromatic amines is 1. The summed E-state index contributed by atoms with van der Waals surface area (Å²) in [4.78, 5) is 17.2. The van der Waals surface area contributed by atoms with Gasteiger partial charge in [-0.25, -0.2) is 4.39 Å². The molecule has 1 atom stereocenters. The molecule has 2 aliphatic heterocycles. The summed E-state index contributed by atoms with van der Waals surface area (Å²) in [6.07, 6.45) is 2.85. The van der Waals surface area contributed by atoms with Gasteiger partial charge in [-0.15, -0.1) is 5.10 Å². The number of aromatic nitrogens is 4. The topological polar surface area (TPSA) is 78.0 Å². The van der Waals surface area contributed by atoms with Crippen molar-refractivity contribution in [2.75, 3.05) is 26.2 Å². The van der Waals surface area contributed by atoms with Crippen LogP contribution in [0.2, 0.25) is 0 Å². The number of nitrogens with zero attached hydrogens (tertiary/aromatic N) is 5. The van der Waals surface area contributed by atoms with E-state index in [1.54, 1.807) is 18.2 Å². The summed E-state index contributed by atoms with van der Waals surface area (Å²) in [5, 5.41) is 13.6. The van der Waals surface area contributed by atoms with E-state index in [-0.39, 0.29) is 11.7 Å². The lowest BCUT2D eigenvalue weighted by molar-refractivity contribution is -0.133. The molecular weight excluding hydrogens is 403 g/mol. The summed E-state index contributed by atoms with van der Waals surface area (Å²) in [5.74, 6) is 0.157. The van der Waals surface area contributed by atoms with Crippen LogP contribution in [0, 0.1) is 5.82 Å². The summed E-state index contributed by atoms with van der Waals surface area (Å²) < 4.78 is 18.3. The molecule has 9 heteroatoms. The van der Waals surface area contributed by atoms with E-state index in [1.807, 2.05) is 10.3 Å². The number of carbonyl (C=O) groups excluding carboxylic acids is 1. The predicted octanol–water partition coefficient (Wildman–Crippen LogP) is 2.83. The first-order valence-corrected chi connectivity index (χ1v) is 11.1. The molecule has 1 fully saturated rings. The van der Waals surface area contributed by atoms with Crippen molar-refractivity contribution >= 4 is 17.4 Å². The second kappa shape index (κ2) is 8.23. The summed E-state index contributed by atoms with van der Waals surface area (Å²) in [5.41, 5.74) is 4.03. The Hall–Kier alpha value is -2.65. The number of nitrogens with one attached hydrogen (secondary N) is 1. The Labute approximate surface area is 178 Å². The number of piperidine rings is 1. The molecule has 7 nitrogen and oxygen atoms in total. The van der Waals surface area contributed by atoms with Crippen LogP contribution in [-0.4, -0.2) is 61.7 Å². The van der Waals surface area contributed by atoms with Gasteiger partial charge in [0.2, 0.25) is 5.91 Å². The number of fused-ring (bicyclic) bond motifs is 1. The van der Waals surface area contributed by atoms with Crippen LogP contribution >= 0.6 is 11.5 Å². The third kappa shape index (κ3) is 3.75. The fourth-order valence-corrected chi connectivity index (χ4v) is 5.00. The van der Waals surface area contributed by atoms with Gasteiger partial charge in [-0.05, 0) is 43.1 Å². The third-order valence-electron chi connectivity index (χ3n) is 6.07. The minimum Gasteiger partial charge on any atom is -0.337 e. The SMILES string of the molecule is O=C(CN1CCCC(c2csnn2)C1)N1CCc2[nH]nc(-c3ccccc3F)c2C1. The Morgan fingerprint density at radius 2 is 2.20 bits per heavy atom. The molecule has 4 heterocycles. The van der Waals surface area contributed by atoms with Gasteiger partial charge < -0.3 is 4.90 Å². The molecule has 0 spiro atoms. The molecule has 30 heavy (non-hydrogen) atoms. The zero-order valence-corrected chi connectivity index (χ0v) is 17.4. The van der Waals surface area contributed by atoms with Gasteiger partial charge in [0.25, 0.3) is 0 Å². The van der Waals surface area contributed by atoms with Crippen molar-refractivity contribution in [2.24, 2.45) is 0 Å². The van der Waals surface area contributed by atoms with Crippen LogP contribution in [0.3, 0.4) is 0 Å². The van der Waals surface area contributed by atoms with Gasteiger partial charge in [0.05, 0.1) is 12.2 Å². The normalized spacial score (nSPS) is 19.6. The highest BCUT2D eigenvalue weighted by Gasteiger charge is 2.29. The number of H-pyrrole nitrogens is 1. The minimum atomic E-state index is -0.300. The summed E-state index contributed by atoms with van der Waals surface area (Å²) >= 11 is 1.38. The summed E-state index contributed by atoms with van der Waals surface area (Å²) in [7, 11) is 0. The zero-order valence-electron chi connectivity index (χ0n) is 16.6. The average molecular weight is 427 g/mol. The van der Waals surface area contributed by atoms with Gasteiger partial charge in [0, 0.05) is 54.2 Å². The first kappa shape index (κ1) is 19.3. The van der Waals surface area contributed by atoms with Gasteiger partial charge in [-0.2, -0.15) is 5.10 Å². The molecule has 1 saturated heterocycles. The van der Waals surface area contributed by atoms with Gasteiger partial charge in [0.1, 0.15) is 11.5 Å². The number of hydrogen-bond acceptors (Lipinski definition) is 6. The minimum absolute atomic E-state index is 0.110. The van der Waals surface area contributed by atoms with Crippen LogP contribution in [0.25, 0.3) is 11.3 Å². The van der Waals surface area contributed by atoms with Crippen molar-refractivity contribution in [1.29, 1.82) is 0 Å². The fraction of sp³-hybridized carbons (Fsp3) is 0.429. The second-order valence-electron chi connectivity index (χ2n) is 7.98. The van der Waals surface area contributed by atoms with E-state index in [2.05, 4.69) is 24.7 Å². The third-order valence-corrected chi connectivity index (χ3v) is 6.60. The number of amides is 1. The average Bonchev–Trinajstić information content (AvgIpc) is 3.44. The van der Waals surface area contributed by atoms with E-state index < -0.39 is 0 Å². The van der Waals surface area contributed by atoms with E-state index in [9.17, 15) is 9.18 Å². The maximum Gasteiger partial charge on any atom is 0.237 e. The summed E-state index contributed by atoms with van der Waals surface area (Å²) in [6, 6.07) is 6.64. The highest BCUT2D eigenvalue weighted by atomic mass is 32.1. The Kier molecular flexibility index (Phi) is 5.30.